The van der Waals surface area contributed by atoms with Crippen molar-refractivity contribution >= 4 is 34.8 Å². The molecule has 3 aromatic heterocycles. The number of pyridine rings is 1. The zero-order valence-electron chi connectivity index (χ0n) is 23.5. The number of halogens is 4. The minimum absolute atomic E-state index is 0.140. The molecule has 222 valence electrons. The van der Waals surface area contributed by atoms with Gasteiger partial charge in [0.05, 0.1) is 57.6 Å². The summed E-state index contributed by atoms with van der Waals surface area (Å²) < 4.78 is 43.7. The van der Waals surface area contributed by atoms with Crippen molar-refractivity contribution in [3.8, 4) is 11.3 Å². The van der Waals surface area contributed by atoms with E-state index in [4.69, 9.17) is 16.6 Å². The average Bonchev–Trinajstić information content (AvgIpc) is 3.50. The molecule has 1 aromatic carbocycles. The van der Waals surface area contributed by atoms with Crippen LogP contribution >= 0.6 is 11.6 Å². The van der Waals surface area contributed by atoms with Crippen molar-refractivity contribution in [1.82, 2.24) is 24.7 Å². The normalized spacial score (nSPS) is 18.5. The Kier molecular flexibility index (Phi) is 7.41. The molecule has 1 saturated heterocycles. The van der Waals surface area contributed by atoms with Crippen LogP contribution in [0, 0.1) is 31.5 Å². The second kappa shape index (κ2) is 11.1. The quantitative estimate of drug-likeness (QED) is 0.263. The lowest BCUT2D eigenvalue weighted by atomic mass is 9.76. The molecule has 2 fully saturated rings. The number of hydrogen-bond donors (Lipinski definition) is 1. The van der Waals surface area contributed by atoms with Crippen LogP contribution in [-0.4, -0.2) is 43.1 Å². The van der Waals surface area contributed by atoms with Crippen LogP contribution < -0.4 is 10.2 Å². The number of nitrogens with one attached hydrogen (secondary N) is 1. The summed E-state index contributed by atoms with van der Waals surface area (Å²) in [6.45, 7) is 6.04. The maximum Gasteiger partial charge on any atom is 0.276 e. The predicted molar refractivity (Wildman–Crippen MR) is 154 cm³/mol. The molecule has 6 rings (SSSR count). The third-order valence-corrected chi connectivity index (χ3v) is 8.55. The highest BCUT2D eigenvalue weighted by atomic mass is 35.5. The van der Waals surface area contributed by atoms with Gasteiger partial charge in [-0.1, -0.05) is 17.7 Å². The van der Waals surface area contributed by atoms with Crippen LogP contribution in [0.25, 0.3) is 11.3 Å². The van der Waals surface area contributed by atoms with Gasteiger partial charge in [0.25, 0.3) is 12.3 Å². The molecule has 1 saturated carbocycles. The summed E-state index contributed by atoms with van der Waals surface area (Å²) in [7, 11) is 0. The van der Waals surface area contributed by atoms with E-state index in [0.29, 0.717) is 11.6 Å². The third-order valence-electron chi connectivity index (χ3n) is 8.26. The SMILES string of the molecule is Cc1nc(C(C)n2cc(NC(=O)c3nc(-c4c(C(F)F)ccc(Cl)c4F)cnc3C)cn2)ccc1N1C[C@H]2CC[C@H]2C1=O. The number of anilines is 2. The van der Waals surface area contributed by atoms with Gasteiger partial charge in [-0.15, -0.1) is 0 Å². The summed E-state index contributed by atoms with van der Waals surface area (Å²) in [5.41, 5.74) is 1.31. The van der Waals surface area contributed by atoms with Gasteiger partial charge in [-0.3, -0.25) is 24.2 Å². The number of aromatic nitrogens is 5. The number of rotatable bonds is 7. The fourth-order valence-electron chi connectivity index (χ4n) is 5.68. The fourth-order valence-corrected chi connectivity index (χ4v) is 5.84. The van der Waals surface area contributed by atoms with Crippen LogP contribution in [0.5, 0.6) is 0 Å². The average molecular weight is 610 g/mol. The van der Waals surface area contributed by atoms with Crippen LogP contribution in [0.15, 0.2) is 42.9 Å². The largest absolute Gasteiger partial charge is 0.318 e. The van der Waals surface area contributed by atoms with Crippen LogP contribution in [0.3, 0.4) is 0 Å². The van der Waals surface area contributed by atoms with Crippen molar-refractivity contribution in [2.75, 3.05) is 16.8 Å². The summed E-state index contributed by atoms with van der Waals surface area (Å²) in [4.78, 5) is 40.7. The van der Waals surface area contributed by atoms with Gasteiger partial charge in [-0.05, 0) is 57.7 Å². The molecule has 0 bridgehead atoms. The molecule has 3 atom stereocenters. The van der Waals surface area contributed by atoms with Gasteiger partial charge in [0.1, 0.15) is 5.69 Å². The lowest BCUT2D eigenvalue weighted by Gasteiger charge is -2.25. The Morgan fingerprint density at radius 2 is 1.88 bits per heavy atom. The first-order chi connectivity index (χ1) is 20.5. The number of nitrogens with zero attached hydrogens (tertiary/aromatic N) is 6. The molecule has 2 amide bonds. The Morgan fingerprint density at radius 1 is 1.09 bits per heavy atom. The number of hydrogen-bond acceptors (Lipinski definition) is 6. The van der Waals surface area contributed by atoms with E-state index in [9.17, 15) is 22.8 Å². The minimum atomic E-state index is -3.00. The Balaban J connectivity index is 1.20. The van der Waals surface area contributed by atoms with E-state index in [1.165, 1.54) is 13.1 Å². The van der Waals surface area contributed by atoms with Gasteiger partial charge < -0.3 is 10.2 Å². The Labute approximate surface area is 250 Å². The van der Waals surface area contributed by atoms with Crippen LogP contribution in [-0.2, 0) is 4.79 Å². The summed E-state index contributed by atoms with van der Waals surface area (Å²) in [5, 5.41) is 6.69. The molecule has 1 aliphatic carbocycles. The number of benzene rings is 1. The number of fused-ring (bicyclic) bond motifs is 1. The monoisotopic (exact) mass is 609 g/mol. The molecule has 2 aliphatic rings. The van der Waals surface area contributed by atoms with Gasteiger partial charge in [-0.25, -0.2) is 18.2 Å². The van der Waals surface area contributed by atoms with E-state index in [1.54, 1.807) is 10.9 Å². The Hall–Kier alpha value is -4.32. The molecule has 1 aliphatic heterocycles. The highest BCUT2D eigenvalue weighted by Gasteiger charge is 2.46. The van der Waals surface area contributed by atoms with Crippen molar-refractivity contribution in [2.24, 2.45) is 11.8 Å². The van der Waals surface area contributed by atoms with Gasteiger partial charge in [-0.2, -0.15) is 5.10 Å². The van der Waals surface area contributed by atoms with Crippen molar-refractivity contribution in [3.63, 3.8) is 0 Å². The molecule has 9 nitrogen and oxygen atoms in total. The molecule has 0 spiro atoms. The van der Waals surface area contributed by atoms with E-state index in [0.717, 1.165) is 54.8 Å². The number of alkyl halides is 2. The predicted octanol–water partition coefficient (Wildman–Crippen LogP) is 6.32. The second-order valence-electron chi connectivity index (χ2n) is 10.9. The van der Waals surface area contributed by atoms with Gasteiger partial charge in [0.15, 0.2) is 5.82 Å². The zero-order chi connectivity index (χ0) is 30.6. The first kappa shape index (κ1) is 28.8. The number of carbonyl (C=O) groups excluding carboxylic acids is 2. The summed E-state index contributed by atoms with van der Waals surface area (Å²) in [6.07, 6.45) is 3.24. The molecule has 0 radical (unpaired) electrons. The number of carbonyl (C=O) groups is 2. The first-order valence-corrected chi connectivity index (χ1v) is 14.2. The van der Waals surface area contributed by atoms with E-state index in [2.05, 4.69) is 20.4 Å². The van der Waals surface area contributed by atoms with E-state index >= 15 is 0 Å². The number of amides is 2. The highest BCUT2D eigenvalue weighted by molar-refractivity contribution is 6.31. The van der Waals surface area contributed by atoms with E-state index < -0.39 is 29.3 Å². The van der Waals surface area contributed by atoms with Gasteiger partial charge in [0, 0.05) is 29.8 Å². The third kappa shape index (κ3) is 5.13. The molecule has 43 heavy (non-hydrogen) atoms. The molecule has 4 aromatic rings. The first-order valence-electron chi connectivity index (χ1n) is 13.8. The second-order valence-corrected chi connectivity index (χ2v) is 11.3. The van der Waals surface area contributed by atoms with E-state index in [1.807, 2.05) is 30.9 Å². The molecule has 13 heteroatoms. The van der Waals surface area contributed by atoms with Gasteiger partial charge >= 0.3 is 0 Å². The maximum absolute atomic E-state index is 14.8. The van der Waals surface area contributed by atoms with Gasteiger partial charge in [0.2, 0.25) is 5.91 Å². The Morgan fingerprint density at radius 3 is 2.53 bits per heavy atom. The van der Waals surface area contributed by atoms with Crippen LogP contribution in [0.4, 0.5) is 24.5 Å². The van der Waals surface area contributed by atoms with Crippen molar-refractivity contribution < 1.29 is 22.8 Å². The molecular formula is C30H27ClF3N7O2. The smallest absolute Gasteiger partial charge is 0.276 e. The summed E-state index contributed by atoms with van der Waals surface area (Å²) in [5.74, 6) is -1.00. The summed E-state index contributed by atoms with van der Waals surface area (Å²) in [6, 6.07) is 5.54. The molecule has 1 unspecified atom stereocenters. The van der Waals surface area contributed by atoms with Crippen molar-refractivity contribution in [2.45, 2.75) is 46.1 Å². The minimum Gasteiger partial charge on any atom is -0.318 e. The topological polar surface area (TPSA) is 106 Å². The fraction of sp³-hybridized carbons (Fsp3) is 0.333. The molecule has 4 heterocycles. The highest BCUT2D eigenvalue weighted by Crippen LogP contribution is 2.43. The van der Waals surface area contributed by atoms with Crippen molar-refractivity contribution in [1.29, 1.82) is 0 Å². The lowest BCUT2D eigenvalue weighted by Crippen LogP contribution is -2.29. The lowest BCUT2D eigenvalue weighted by molar-refractivity contribution is -0.123. The van der Waals surface area contributed by atoms with E-state index in [-0.39, 0.29) is 40.0 Å². The molecular weight excluding hydrogens is 583 g/mol. The van der Waals surface area contributed by atoms with Crippen LogP contribution in [0.2, 0.25) is 5.02 Å². The van der Waals surface area contributed by atoms with Crippen molar-refractivity contribution in [3.05, 3.63) is 82.0 Å². The van der Waals surface area contributed by atoms with Crippen LogP contribution in [0.1, 0.15) is 65.4 Å². The zero-order valence-corrected chi connectivity index (χ0v) is 24.2. The maximum atomic E-state index is 14.8. The summed E-state index contributed by atoms with van der Waals surface area (Å²) >= 11 is 5.84. The Bertz CT molecular complexity index is 1760. The standard InChI is InChI=1S/C30H27ClF3N7O2/c1-14-24(40-12-17-4-5-19(17)30(40)43)9-8-22(37-14)16(3)41-13-18(10-36-41)38-29(42)27-15(2)35-11-23(39-27)25-20(28(33)34)6-7-21(31)26(25)32/h6-11,13,16-17,19,28H,4-5,12H2,1-3H3,(H,38,42)/t16?,17-,19-/m1/s1. The molecule has 1 N–H and O–H groups in total. The number of aryl methyl sites for hydroxylation is 2.